The van der Waals surface area contributed by atoms with E-state index < -0.39 is 0 Å². The van der Waals surface area contributed by atoms with E-state index in [1.165, 1.54) is 10.5 Å². The van der Waals surface area contributed by atoms with Gasteiger partial charge in [-0.3, -0.25) is 4.79 Å². The van der Waals surface area contributed by atoms with Crippen LogP contribution in [0.25, 0.3) is 0 Å². The van der Waals surface area contributed by atoms with Gasteiger partial charge in [0.25, 0.3) is 0 Å². The second-order valence-electron chi connectivity index (χ2n) is 4.91. The molecule has 1 heterocycles. The van der Waals surface area contributed by atoms with Gasteiger partial charge in [-0.1, -0.05) is 18.2 Å². The van der Waals surface area contributed by atoms with Crippen molar-refractivity contribution in [2.75, 3.05) is 17.7 Å². The van der Waals surface area contributed by atoms with Crippen molar-refractivity contribution in [1.82, 2.24) is 0 Å². The van der Waals surface area contributed by atoms with E-state index in [1.807, 2.05) is 43.4 Å². The minimum Gasteiger partial charge on any atom is -0.399 e. The van der Waals surface area contributed by atoms with E-state index in [-0.39, 0.29) is 11.2 Å². The Labute approximate surface area is 122 Å². The van der Waals surface area contributed by atoms with Crippen LogP contribution in [0, 0.1) is 0 Å². The summed E-state index contributed by atoms with van der Waals surface area (Å²) in [6, 6.07) is 15.6. The van der Waals surface area contributed by atoms with Crippen molar-refractivity contribution < 1.29 is 4.79 Å². The first kappa shape index (κ1) is 13.1. The molecule has 1 atom stereocenters. The number of anilines is 2. The lowest BCUT2D eigenvalue weighted by Crippen LogP contribution is -2.34. The van der Waals surface area contributed by atoms with Crippen molar-refractivity contribution in [2.45, 2.75) is 16.6 Å². The third-order valence-electron chi connectivity index (χ3n) is 3.53. The molecule has 0 fully saturated rings. The molecule has 0 saturated heterocycles. The number of amides is 1. The van der Waals surface area contributed by atoms with Crippen LogP contribution in [-0.2, 0) is 11.2 Å². The van der Waals surface area contributed by atoms with Gasteiger partial charge >= 0.3 is 0 Å². The number of fused-ring (bicyclic) bond motifs is 1. The lowest BCUT2D eigenvalue weighted by Gasteiger charge is -2.20. The van der Waals surface area contributed by atoms with Crippen LogP contribution in [0.5, 0.6) is 0 Å². The van der Waals surface area contributed by atoms with Gasteiger partial charge in [0.1, 0.15) is 0 Å². The molecule has 0 radical (unpaired) electrons. The first-order valence-corrected chi connectivity index (χ1v) is 7.41. The number of nitrogen functional groups attached to an aromatic ring is 1. The third kappa shape index (κ3) is 2.39. The van der Waals surface area contributed by atoms with E-state index in [9.17, 15) is 4.79 Å². The number of carbonyl (C=O) groups is 1. The van der Waals surface area contributed by atoms with E-state index in [2.05, 4.69) is 12.1 Å². The van der Waals surface area contributed by atoms with E-state index in [0.29, 0.717) is 5.69 Å². The van der Waals surface area contributed by atoms with Crippen LogP contribution in [-0.4, -0.2) is 18.2 Å². The minimum atomic E-state index is -0.0325. The van der Waals surface area contributed by atoms with E-state index in [4.69, 9.17) is 5.73 Å². The first-order chi connectivity index (χ1) is 9.65. The van der Waals surface area contributed by atoms with E-state index in [1.54, 1.807) is 16.7 Å². The fourth-order valence-electron chi connectivity index (χ4n) is 2.36. The Balaban J connectivity index is 1.76. The quantitative estimate of drug-likeness (QED) is 0.862. The Hall–Kier alpha value is -1.94. The summed E-state index contributed by atoms with van der Waals surface area (Å²) in [5.41, 5.74) is 8.52. The molecule has 1 aliphatic rings. The first-order valence-electron chi connectivity index (χ1n) is 6.53. The van der Waals surface area contributed by atoms with Gasteiger partial charge < -0.3 is 10.6 Å². The molecule has 0 bridgehead atoms. The zero-order chi connectivity index (χ0) is 14.1. The van der Waals surface area contributed by atoms with Gasteiger partial charge in [0.05, 0.1) is 5.25 Å². The van der Waals surface area contributed by atoms with Crippen LogP contribution in [0.15, 0.2) is 53.4 Å². The normalized spacial score (nSPS) is 16.8. The molecular weight excluding hydrogens is 268 g/mol. The van der Waals surface area contributed by atoms with Crippen LogP contribution in [0.4, 0.5) is 11.4 Å². The molecule has 1 unspecified atom stereocenters. The number of nitrogens with zero attached hydrogens (tertiary/aromatic N) is 1. The highest BCUT2D eigenvalue weighted by atomic mass is 32.2. The molecule has 0 aliphatic carbocycles. The van der Waals surface area contributed by atoms with Crippen LogP contribution < -0.4 is 10.6 Å². The average molecular weight is 284 g/mol. The number of nitrogens with two attached hydrogens (primary N) is 1. The number of rotatable bonds is 2. The predicted molar refractivity (Wildman–Crippen MR) is 84.1 cm³/mol. The van der Waals surface area contributed by atoms with Crippen LogP contribution in [0.3, 0.4) is 0 Å². The predicted octanol–water partition coefficient (Wildman–Crippen LogP) is 2.95. The van der Waals surface area contributed by atoms with Crippen molar-refractivity contribution in [3.8, 4) is 0 Å². The highest BCUT2D eigenvalue weighted by Gasteiger charge is 2.30. The van der Waals surface area contributed by atoms with Crippen molar-refractivity contribution in [3.05, 3.63) is 54.1 Å². The van der Waals surface area contributed by atoms with Gasteiger partial charge in [0, 0.05) is 23.3 Å². The maximum Gasteiger partial charge on any atom is 0.240 e. The summed E-state index contributed by atoms with van der Waals surface area (Å²) in [6.07, 6.45) is 0.805. The summed E-state index contributed by atoms with van der Waals surface area (Å²) in [4.78, 5) is 15.5. The van der Waals surface area contributed by atoms with Gasteiger partial charge in [-0.15, -0.1) is 11.8 Å². The number of benzene rings is 2. The molecule has 0 aromatic heterocycles. The molecule has 0 spiro atoms. The Bertz CT molecular complexity index is 614. The maximum atomic E-state index is 12.6. The molecule has 2 aromatic rings. The molecular formula is C16H16N2OS. The monoisotopic (exact) mass is 284 g/mol. The number of thioether (sulfide) groups is 1. The Morgan fingerprint density at radius 3 is 2.60 bits per heavy atom. The van der Waals surface area contributed by atoms with Crippen LogP contribution >= 0.6 is 11.8 Å². The number of hydrogen-bond donors (Lipinski definition) is 1. The van der Waals surface area contributed by atoms with Crippen LogP contribution in [0.1, 0.15) is 5.56 Å². The molecule has 3 nitrogen and oxygen atoms in total. The van der Waals surface area contributed by atoms with Crippen molar-refractivity contribution >= 4 is 29.0 Å². The van der Waals surface area contributed by atoms with Gasteiger partial charge in [-0.2, -0.15) is 0 Å². The standard InChI is InChI=1S/C16H16N2OS/c1-18(13-8-6-12(17)7-9-13)16(19)15-10-11-4-2-3-5-14(11)20-15/h2-9,15H,10,17H2,1H3. The van der Waals surface area contributed by atoms with Crippen molar-refractivity contribution in [1.29, 1.82) is 0 Å². The topological polar surface area (TPSA) is 46.3 Å². The average Bonchev–Trinajstić information content (AvgIpc) is 2.90. The molecule has 1 aliphatic heterocycles. The molecule has 3 rings (SSSR count). The molecule has 1 amide bonds. The zero-order valence-electron chi connectivity index (χ0n) is 11.2. The second kappa shape index (κ2) is 5.21. The summed E-state index contributed by atoms with van der Waals surface area (Å²) in [6.45, 7) is 0. The SMILES string of the molecule is CN(C(=O)C1Cc2ccccc2S1)c1ccc(N)cc1. The van der Waals surface area contributed by atoms with Gasteiger partial charge in [0.2, 0.25) is 5.91 Å². The summed E-state index contributed by atoms with van der Waals surface area (Å²) < 4.78 is 0. The van der Waals surface area contributed by atoms with E-state index >= 15 is 0 Å². The number of hydrogen-bond acceptors (Lipinski definition) is 3. The van der Waals surface area contributed by atoms with Crippen molar-refractivity contribution in [2.24, 2.45) is 0 Å². The summed E-state index contributed by atoms with van der Waals surface area (Å²) in [7, 11) is 1.82. The smallest absolute Gasteiger partial charge is 0.240 e. The molecule has 102 valence electrons. The molecule has 4 heteroatoms. The summed E-state index contributed by atoms with van der Waals surface area (Å²) >= 11 is 1.65. The lowest BCUT2D eigenvalue weighted by atomic mass is 10.1. The van der Waals surface area contributed by atoms with Gasteiger partial charge in [-0.25, -0.2) is 0 Å². The number of carbonyl (C=O) groups excluding carboxylic acids is 1. The zero-order valence-corrected chi connectivity index (χ0v) is 12.1. The highest BCUT2D eigenvalue weighted by Crippen LogP contribution is 2.37. The molecule has 2 N–H and O–H groups in total. The largest absolute Gasteiger partial charge is 0.399 e. The fourth-order valence-corrected chi connectivity index (χ4v) is 3.65. The summed E-state index contributed by atoms with van der Waals surface area (Å²) in [5.74, 6) is 0.135. The lowest BCUT2D eigenvalue weighted by molar-refractivity contribution is -0.117. The van der Waals surface area contributed by atoms with Gasteiger partial charge in [0.15, 0.2) is 0 Å². The molecule has 0 saturated carbocycles. The second-order valence-corrected chi connectivity index (χ2v) is 6.15. The van der Waals surface area contributed by atoms with Gasteiger partial charge in [-0.05, 0) is 42.3 Å². The Kier molecular flexibility index (Phi) is 3.40. The Morgan fingerprint density at radius 1 is 1.20 bits per heavy atom. The summed E-state index contributed by atoms with van der Waals surface area (Å²) in [5, 5.41) is -0.0325. The fraction of sp³-hybridized carbons (Fsp3) is 0.188. The molecule has 2 aromatic carbocycles. The third-order valence-corrected chi connectivity index (χ3v) is 4.84. The van der Waals surface area contributed by atoms with Crippen molar-refractivity contribution in [3.63, 3.8) is 0 Å². The van der Waals surface area contributed by atoms with Crippen LogP contribution in [0.2, 0.25) is 0 Å². The minimum absolute atomic E-state index is 0.0325. The van der Waals surface area contributed by atoms with E-state index in [0.717, 1.165) is 12.1 Å². The molecule has 20 heavy (non-hydrogen) atoms. The Morgan fingerprint density at radius 2 is 1.90 bits per heavy atom. The maximum absolute atomic E-state index is 12.6. The highest BCUT2D eigenvalue weighted by molar-refractivity contribution is 8.01.